The molecule has 0 saturated carbocycles. The lowest BCUT2D eigenvalue weighted by molar-refractivity contribution is 0.0488. The largest absolute Gasteiger partial charge is 0.493 e. The lowest BCUT2D eigenvalue weighted by Gasteiger charge is -2.40. The molecular weight excluding hydrogens is 418 g/mol. The van der Waals surface area contributed by atoms with Crippen LogP contribution in [0, 0.1) is 0 Å². The molecule has 1 atom stereocenters. The molecule has 8 heteroatoms. The maximum absolute atomic E-state index is 13.2. The summed E-state index contributed by atoms with van der Waals surface area (Å²) < 4.78 is 16.4. The van der Waals surface area contributed by atoms with Gasteiger partial charge in [-0.2, -0.15) is 0 Å². The van der Waals surface area contributed by atoms with Gasteiger partial charge < -0.3 is 23.8 Å². The van der Waals surface area contributed by atoms with E-state index in [1.54, 1.807) is 31.4 Å². The predicted molar refractivity (Wildman–Crippen MR) is 117 cm³/mol. The zero-order valence-corrected chi connectivity index (χ0v) is 18.2. The topological polar surface area (TPSA) is 68.0 Å². The number of carbonyl (C=O) groups excluding carboxylic acids is 1. The van der Waals surface area contributed by atoms with Crippen LogP contribution in [0.25, 0.3) is 0 Å². The van der Waals surface area contributed by atoms with E-state index < -0.39 is 0 Å². The van der Waals surface area contributed by atoms with Gasteiger partial charge in [-0.1, -0.05) is 47.1 Å². The smallest absolute Gasteiger partial charge is 0.276 e. The van der Waals surface area contributed by atoms with Gasteiger partial charge in [0, 0.05) is 36.8 Å². The van der Waals surface area contributed by atoms with Crippen LogP contribution in [0.2, 0.25) is 5.02 Å². The third-order valence-corrected chi connectivity index (χ3v) is 5.54. The Labute approximate surface area is 186 Å². The van der Waals surface area contributed by atoms with Gasteiger partial charge >= 0.3 is 0 Å². The van der Waals surface area contributed by atoms with Crippen LogP contribution < -0.4 is 9.47 Å². The summed E-state index contributed by atoms with van der Waals surface area (Å²) in [6.07, 6.45) is 0. The number of rotatable bonds is 6. The molecule has 3 aromatic rings. The zero-order chi connectivity index (χ0) is 21.8. The van der Waals surface area contributed by atoms with Crippen molar-refractivity contribution < 1.29 is 18.8 Å². The van der Waals surface area contributed by atoms with Crippen molar-refractivity contribution in [2.75, 3.05) is 33.8 Å². The van der Waals surface area contributed by atoms with Gasteiger partial charge in [0.15, 0.2) is 23.0 Å². The highest BCUT2D eigenvalue weighted by atomic mass is 35.5. The fourth-order valence-corrected chi connectivity index (χ4v) is 3.82. The zero-order valence-electron chi connectivity index (χ0n) is 17.5. The average Bonchev–Trinajstić information content (AvgIpc) is 3.27. The number of likely N-dealkylation sites (N-methyl/N-ethyl adjacent to an activating group) is 1. The SMILES string of the molecule is COc1cc(Cl)ccc1OCc1cc(C(=O)N2CCN(C)C[C@@H]2c2ccccc2)no1. The third kappa shape index (κ3) is 4.84. The minimum Gasteiger partial charge on any atom is -0.493 e. The summed E-state index contributed by atoms with van der Waals surface area (Å²) in [5.74, 6) is 1.35. The Morgan fingerprint density at radius 2 is 1.97 bits per heavy atom. The molecule has 1 aromatic heterocycles. The number of benzene rings is 2. The molecule has 0 aliphatic carbocycles. The minimum atomic E-state index is -0.152. The first-order chi connectivity index (χ1) is 15.0. The van der Waals surface area contributed by atoms with Gasteiger partial charge in [0.2, 0.25) is 0 Å². The lowest BCUT2D eigenvalue weighted by Crippen LogP contribution is -2.49. The van der Waals surface area contributed by atoms with Crippen molar-refractivity contribution in [2.24, 2.45) is 0 Å². The summed E-state index contributed by atoms with van der Waals surface area (Å²) in [5.41, 5.74) is 1.37. The molecule has 31 heavy (non-hydrogen) atoms. The number of piperazine rings is 1. The number of nitrogens with zero attached hydrogens (tertiary/aromatic N) is 3. The van der Waals surface area contributed by atoms with Gasteiger partial charge in [0.05, 0.1) is 13.2 Å². The Hall–Kier alpha value is -3.03. The Balaban J connectivity index is 1.47. The van der Waals surface area contributed by atoms with E-state index in [1.165, 1.54) is 0 Å². The highest BCUT2D eigenvalue weighted by Gasteiger charge is 2.32. The first-order valence-corrected chi connectivity index (χ1v) is 10.4. The van der Waals surface area contributed by atoms with Gasteiger partial charge in [-0.25, -0.2) is 0 Å². The van der Waals surface area contributed by atoms with Crippen LogP contribution in [0.3, 0.4) is 0 Å². The fourth-order valence-electron chi connectivity index (χ4n) is 3.66. The molecule has 0 N–H and O–H groups in total. The summed E-state index contributed by atoms with van der Waals surface area (Å²) in [5, 5.41) is 4.55. The highest BCUT2D eigenvalue weighted by Crippen LogP contribution is 2.31. The van der Waals surface area contributed by atoms with Crippen molar-refractivity contribution in [1.82, 2.24) is 15.0 Å². The van der Waals surface area contributed by atoms with E-state index in [2.05, 4.69) is 17.1 Å². The van der Waals surface area contributed by atoms with E-state index in [4.69, 9.17) is 25.6 Å². The summed E-state index contributed by atoms with van der Waals surface area (Å²) in [7, 11) is 3.61. The van der Waals surface area contributed by atoms with Crippen LogP contribution in [0.1, 0.15) is 27.9 Å². The molecule has 1 fully saturated rings. The van der Waals surface area contributed by atoms with Crippen LogP contribution in [0.5, 0.6) is 11.5 Å². The van der Waals surface area contributed by atoms with E-state index in [0.717, 1.165) is 18.7 Å². The second-order valence-electron chi connectivity index (χ2n) is 7.45. The minimum absolute atomic E-state index is 0.0396. The fraction of sp³-hybridized carbons (Fsp3) is 0.304. The second kappa shape index (κ2) is 9.41. The van der Waals surface area contributed by atoms with Gasteiger partial charge in [0.1, 0.15) is 6.61 Å². The van der Waals surface area contributed by atoms with Gasteiger partial charge in [-0.15, -0.1) is 0 Å². The second-order valence-corrected chi connectivity index (χ2v) is 7.89. The Morgan fingerprint density at radius 3 is 2.74 bits per heavy atom. The van der Waals surface area contributed by atoms with Gasteiger partial charge in [-0.05, 0) is 24.7 Å². The molecule has 1 amide bonds. The number of ether oxygens (including phenoxy) is 2. The molecule has 0 radical (unpaired) electrons. The number of carbonyl (C=O) groups is 1. The average molecular weight is 442 g/mol. The number of aromatic nitrogens is 1. The number of methoxy groups -OCH3 is 1. The number of hydrogen-bond acceptors (Lipinski definition) is 6. The summed E-state index contributed by atoms with van der Waals surface area (Å²) in [6, 6.07) is 16.7. The first kappa shape index (κ1) is 21.2. The predicted octanol–water partition coefficient (Wildman–Crippen LogP) is 4.04. The van der Waals surface area contributed by atoms with Crippen molar-refractivity contribution in [3.63, 3.8) is 0 Å². The molecule has 0 spiro atoms. The number of hydrogen-bond donors (Lipinski definition) is 0. The normalized spacial score (nSPS) is 16.9. The Kier molecular flexibility index (Phi) is 6.44. The summed E-state index contributed by atoms with van der Waals surface area (Å²) >= 11 is 5.98. The molecule has 0 bridgehead atoms. The lowest BCUT2D eigenvalue weighted by atomic mass is 10.0. The summed E-state index contributed by atoms with van der Waals surface area (Å²) in [4.78, 5) is 17.3. The highest BCUT2D eigenvalue weighted by molar-refractivity contribution is 6.30. The van der Waals surface area contributed by atoms with Crippen molar-refractivity contribution >= 4 is 17.5 Å². The number of amides is 1. The van der Waals surface area contributed by atoms with Crippen LogP contribution in [-0.4, -0.2) is 54.7 Å². The number of halogens is 1. The van der Waals surface area contributed by atoms with E-state index in [-0.39, 0.29) is 24.2 Å². The van der Waals surface area contributed by atoms with Gasteiger partial charge in [-0.3, -0.25) is 4.79 Å². The third-order valence-electron chi connectivity index (χ3n) is 5.30. The van der Waals surface area contributed by atoms with E-state index in [1.807, 2.05) is 35.2 Å². The molecule has 1 saturated heterocycles. The van der Waals surface area contributed by atoms with Gasteiger partial charge in [0.25, 0.3) is 5.91 Å². The van der Waals surface area contributed by atoms with E-state index in [9.17, 15) is 4.79 Å². The Morgan fingerprint density at radius 1 is 1.16 bits per heavy atom. The molecule has 2 aromatic carbocycles. The maximum atomic E-state index is 13.2. The monoisotopic (exact) mass is 441 g/mol. The molecule has 4 rings (SSSR count). The molecule has 2 heterocycles. The van der Waals surface area contributed by atoms with Crippen LogP contribution in [0.4, 0.5) is 0 Å². The quantitative estimate of drug-likeness (QED) is 0.575. The van der Waals surface area contributed by atoms with Crippen molar-refractivity contribution in [2.45, 2.75) is 12.6 Å². The molecule has 162 valence electrons. The first-order valence-electron chi connectivity index (χ1n) is 10.0. The van der Waals surface area contributed by atoms with Crippen molar-refractivity contribution in [3.8, 4) is 11.5 Å². The molecule has 1 aliphatic heterocycles. The van der Waals surface area contributed by atoms with Crippen LogP contribution in [-0.2, 0) is 6.61 Å². The van der Waals surface area contributed by atoms with E-state index >= 15 is 0 Å². The summed E-state index contributed by atoms with van der Waals surface area (Å²) in [6.45, 7) is 2.30. The maximum Gasteiger partial charge on any atom is 0.276 e. The Bertz CT molecular complexity index is 1040. The molecule has 0 unspecified atom stereocenters. The molecular formula is C23H24ClN3O4. The standard InChI is InChI=1S/C23H24ClN3O4/c1-26-10-11-27(20(14-26)16-6-4-3-5-7-16)23(28)19-13-18(31-25-19)15-30-21-9-8-17(24)12-22(21)29-2/h3-9,12-13,20H,10-11,14-15H2,1-2H3/t20-/m1/s1. The van der Waals surface area contributed by atoms with Crippen molar-refractivity contribution in [3.05, 3.63) is 76.6 Å². The molecule has 1 aliphatic rings. The van der Waals surface area contributed by atoms with Crippen LogP contribution in [0.15, 0.2) is 59.1 Å². The van der Waals surface area contributed by atoms with Crippen LogP contribution >= 0.6 is 11.6 Å². The van der Waals surface area contributed by atoms with Crippen molar-refractivity contribution in [1.29, 1.82) is 0 Å². The molecule has 7 nitrogen and oxygen atoms in total. The van der Waals surface area contributed by atoms with E-state index in [0.29, 0.717) is 28.8 Å².